The van der Waals surface area contributed by atoms with Crippen LogP contribution in [0.5, 0.6) is 0 Å². The maximum atomic E-state index is 13.9. The first kappa shape index (κ1) is 25.4. The third-order valence-corrected chi connectivity index (χ3v) is 6.54. The van der Waals surface area contributed by atoms with Gasteiger partial charge in [-0.2, -0.15) is 4.31 Å². The fraction of sp³-hybridized carbons (Fsp3) is 0.348. The summed E-state index contributed by atoms with van der Waals surface area (Å²) in [4.78, 5) is 12.6. The minimum absolute atomic E-state index is 0.0808. The van der Waals surface area contributed by atoms with Crippen LogP contribution in [-0.4, -0.2) is 41.9 Å². The molecule has 0 saturated heterocycles. The van der Waals surface area contributed by atoms with Gasteiger partial charge in [0.15, 0.2) is 0 Å². The summed E-state index contributed by atoms with van der Waals surface area (Å²) in [5.41, 5.74) is 0.0437. The van der Waals surface area contributed by atoms with Crippen molar-refractivity contribution in [3.8, 4) is 11.5 Å². The van der Waals surface area contributed by atoms with Gasteiger partial charge in [-0.1, -0.05) is 32.8 Å². The van der Waals surface area contributed by atoms with Crippen molar-refractivity contribution in [2.75, 3.05) is 18.4 Å². The summed E-state index contributed by atoms with van der Waals surface area (Å²) >= 11 is 0. The van der Waals surface area contributed by atoms with E-state index < -0.39 is 27.6 Å². The summed E-state index contributed by atoms with van der Waals surface area (Å²) in [5, 5.41) is 9.68. The fourth-order valence-electron chi connectivity index (χ4n) is 3.23. The Kier molecular flexibility index (Phi) is 7.78. The van der Waals surface area contributed by atoms with Gasteiger partial charge in [0, 0.05) is 24.7 Å². The number of anilines is 1. The fourth-order valence-corrected chi connectivity index (χ4v) is 4.99. The van der Waals surface area contributed by atoms with Gasteiger partial charge >= 0.3 is 6.01 Å². The van der Waals surface area contributed by atoms with Crippen molar-refractivity contribution < 1.29 is 26.4 Å². The van der Waals surface area contributed by atoms with Crippen molar-refractivity contribution in [1.82, 2.24) is 14.5 Å². The van der Waals surface area contributed by atoms with Crippen LogP contribution in [0.15, 0.2) is 51.8 Å². The topological polar surface area (TPSA) is 105 Å². The molecular formula is C23H26F2N4O4S. The first-order valence-corrected chi connectivity index (χ1v) is 12.1. The predicted molar refractivity (Wildman–Crippen MR) is 122 cm³/mol. The largest absolute Gasteiger partial charge is 0.403 e. The third-order valence-electron chi connectivity index (χ3n) is 4.70. The molecule has 0 aliphatic carbocycles. The number of sulfonamides is 1. The molecule has 0 unspecified atom stereocenters. The number of carbonyl (C=O) groups excluding carboxylic acids is 1. The number of nitrogens with zero attached hydrogens (tertiary/aromatic N) is 3. The van der Waals surface area contributed by atoms with E-state index in [9.17, 15) is 22.0 Å². The van der Waals surface area contributed by atoms with E-state index in [1.54, 1.807) is 0 Å². The molecule has 0 fully saturated rings. The molecule has 0 saturated carbocycles. The highest BCUT2D eigenvalue weighted by Crippen LogP contribution is 2.24. The minimum Gasteiger partial charge on any atom is -0.403 e. The minimum atomic E-state index is -3.73. The van der Waals surface area contributed by atoms with Gasteiger partial charge in [0.2, 0.25) is 10.0 Å². The Morgan fingerprint density at radius 1 is 1.00 bits per heavy atom. The van der Waals surface area contributed by atoms with E-state index in [0.717, 1.165) is 12.1 Å². The molecule has 3 aromatic rings. The SMILES string of the molecule is CC(C)CN(CC(C)C)S(=O)(=O)c1ccc(C(=O)Nc2nnc(-c3ccc(F)cc3F)o2)cc1. The van der Waals surface area contributed by atoms with Crippen LogP contribution in [0.4, 0.5) is 14.8 Å². The van der Waals surface area contributed by atoms with E-state index in [0.29, 0.717) is 19.2 Å². The molecule has 0 bridgehead atoms. The van der Waals surface area contributed by atoms with Gasteiger partial charge in [0.25, 0.3) is 11.8 Å². The maximum absolute atomic E-state index is 13.9. The molecule has 8 nitrogen and oxygen atoms in total. The van der Waals surface area contributed by atoms with Crippen molar-refractivity contribution >= 4 is 21.9 Å². The standard InChI is InChI=1S/C23H26F2N4O4S/c1-14(2)12-29(13-15(3)4)34(31,32)18-8-5-16(6-9-18)21(30)26-23-28-27-22(33-23)19-10-7-17(24)11-20(19)25/h5-11,14-15H,12-13H2,1-4H3,(H,26,28,30). The van der Waals surface area contributed by atoms with Gasteiger partial charge in [0.05, 0.1) is 10.5 Å². The molecule has 0 aliphatic rings. The second-order valence-electron chi connectivity index (χ2n) is 8.62. The molecule has 2 aromatic carbocycles. The highest BCUT2D eigenvalue weighted by molar-refractivity contribution is 7.89. The molecule has 0 spiro atoms. The smallest absolute Gasteiger partial charge is 0.322 e. The van der Waals surface area contributed by atoms with Crippen molar-refractivity contribution in [3.63, 3.8) is 0 Å². The number of halogens is 2. The average Bonchev–Trinajstić information content (AvgIpc) is 3.20. The van der Waals surface area contributed by atoms with Gasteiger partial charge in [-0.05, 0) is 48.2 Å². The van der Waals surface area contributed by atoms with Gasteiger partial charge < -0.3 is 4.42 Å². The highest BCUT2D eigenvalue weighted by Gasteiger charge is 2.26. The molecular weight excluding hydrogens is 466 g/mol. The van der Waals surface area contributed by atoms with Crippen LogP contribution in [0.2, 0.25) is 0 Å². The van der Waals surface area contributed by atoms with Gasteiger partial charge in [-0.15, -0.1) is 5.10 Å². The molecule has 0 atom stereocenters. The normalized spacial score (nSPS) is 12.0. The van der Waals surface area contributed by atoms with Gasteiger partial charge in [-0.25, -0.2) is 17.2 Å². The predicted octanol–water partition coefficient (Wildman–Crippen LogP) is 4.57. The molecule has 1 N–H and O–H groups in total. The van der Waals surface area contributed by atoms with Crippen LogP contribution in [0.1, 0.15) is 38.1 Å². The lowest BCUT2D eigenvalue weighted by atomic mass is 10.2. The lowest BCUT2D eigenvalue weighted by molar-refractivity contribution is 0.102. The summed E-state index contributed by atoms with van der Waals surface area (Å²) in [6.45, 7) is 8.56. The number of benzene rings is 2. The van der Waals surface area contributed by atoms with Crippen LogP contribution < -0.4 is 5.32 Å². The summed E-state index contributed by atoms with van der Waals surface area (Å²) in [5.74, 6) is -2.19. The Balaban J connectivity index is 1.74. The lowest BCUT2D eigenvalue weighted by Gasteiger charge is -2.25. The Hall–Kier alpha value is -3.18. The van der Waals surface area contributed by atoms with Crippen LogP contribution in [0.3, 0.4) is 0 Å². The summed E-state index contributed by atoms with van der Waals surface area (Å²) in [7, 11) is -3.73. The Morgan fingerprint density at radius 2 is 1.62 bits per heavy atom. The second-order valence-corrected chi connectivity index (χ2v) is 10.6. The van der Waals surface area contributed by atoms with Crippen LogP contribution in [0.25, 0.3) is 11.5 Å². The van der Waals surface area contributed by atoms with E-state index >= 15 is 0 Å². The average molecular weight is 493 g/mol. The molecule has 0 radical (unpaired) electrons. The van der Waals surface area contributed by atoms with Crippen molar-refractivity contribution in [3.05, 3.63) is 59.7 Å². The molecule has 1 aromatic heterocycles. The van der Waals surface area contributed by atoms with Crippen LogP contribution in [-0.2, 0) is 10.0 Å². The van der Waals surface area contributed by atoms with Crippen molar-refractivity contribution in [2.45, 2.75) is 32.6 Å². The lowest BCUT2D eigenvalue weighted by Crippen LogP contribution is -2.37. The monoisotopic (exact) mass is 492 g/mol. The number of hydrogen-bond acceptors (Lipinski definition) is 6. The van der Waals surface area contributed by atoms with E-state index in [1.165, 1.54) is 28.6 Å². The first-order valence-electron chi connectivity index (χ1n) is 10.7. The Morgan fingerprint density at radius 3 is 2.18 bits per heavy atom. The maximum Gasteiger partial charge on any atom is 0.322 e. The zero-order chi connectivity index (χ0) is 25.0. The molecule has 1 heterocycles. The Bertz CT molecular complexity index is 1250. The first-order chi connectivity index (χ1) is 16.0. The zero-order valence-electron chi connectivity index (χ0n) is 19.2. The van der Waals surface area contributed by atoms with Crippen LogP contribution in [0, 0.1) is 23.5 Å². The van der Waals surface area contributed by atoms with Gasteiger partial charge in [0.1, 0.15) is 11.6 Å². The Labute approximate surface area is 197 Å². The number of amides is 1. The van der Waals surface area contributed by atoms with Crippen molar-refractivity contribution in [1.29, 1.82) is 0 Å². The highest BCUT2D eigenvalue weighted by atomic mass is 32.2. The number of hydrogen-bond donors (Lipinski definition) is 1. The van der Waals surface area contributed by atoms with Gasteiger partial charge in [-0.3, -0.25) is 10.1 Å². The van der Waals surface area contributed by atoms with E-state index in [1.807, 2.05) is 27.7 Å². The zero-order valence-corrected chi connectivity index (χ0v) is 20.1. The number of aromatic nitrogens is 2. The van der Waals surface area contributed by atoms with E-state index in [-0.39, 0.29) is 39.8 Å². The summed E-state index contributed by atoms with van der Waals surface area (Å²) < 4.78 is 59.9. The van der Waals surface area contributed by atoms with E-state index in [4.69, 9.17) is 4.42 Å². The number of rotatable bonds is 9. The third kappa shape index (κ3) is 6.03. The molecule has 34 heavy (non-hydrogen) atoms. The molecule has 0 aliphatic heterocycles. The summed E-state index contributed by atoms with van der Waals surface area (Å²) in [6.07, 6.45) is 0. The second kappa shape index (κ2) is 10.4. The van der Waals surface area contributed by atoms with Crippen molar-refractivity contribution in [2.24, 2.45) is 11.8 Å². The molecule has 11 heteroatoms. The van der Waals surface area contributed by atoms with E-state index in [2.05, 4.69) is 15.5 Å². The summed E-state index contributed by atoms with van der Waals surface area (Å²) in [6, 6.07) is 8.06. The molecule has 3 rings (SSSR count). The molecule has 1 amide bonds. The number of nitrogens with one attached hydrogen (secondary N) is 1. The quantitative estimate of drug-likeness (QED) is 0.469. The number of carbonyl (C=O) groups is 1. The molecule has 182 valence electrons. The van der Waals surface area contributed by atoms with Crippen LogP contribution >= 0.6 is 0 Å².